The fourth-order valence-corrected chi connectivity index (χ4v) is 3.56. The van der Waals surface area contributed by atoms with Crippen molar-refractivity contribution in [2.75, 3.05) is 14.2 Å². The van der Waals surface area contributed by atoms with Crippen LogP contribution >= 0.6 is 23.2 Å². The zero-order valence-electron chi connectivity index (χ0n) is 16.3. The van der Waals surface area contributed by atoms with Crippen molar-refractivity contribution in [3.63, 3.8) is 0 Å². The van der Waals surface area contributed by atoms with Crippen molar-refractivity contribution in [1.82, 2.24) is 0 Å². The Labute approximate surface area is 183 Å². The maximum atomic E-state index is 11.5. The van der Waals surface area contributed by atoms with Crippen molar-refractivity contribution in [2.45, 2.75) is 0 Å². The van der Waals surface area contributed by atoms with E-state index in [0.29, 0.717) is 21.2 Å². The monoisotopic (exact) mass is 440 g/mol. The van der Waals surface area contributed by atoms with Crippen LogP contribution in [0.15, 0.2) is 72.8 Å². The normalized spacial score (nSPS) is 10.3. The maximum absolute atomic E-state index is 11.5. The second-order valence-electron chi connectivity index (χ2n) is 6.33. The van der Waals surface area contributed by atoms with Crippen LogP contribution in [0, 0.1) is 0 Å². The summed E-state index contributed by atoms with van der Waals surface area (Å²) in [5.41, 5.74) is 1.00. The third-order valence-electron chi connectivity index (χ3n) is 4.46. The molecule has 4 aromatic carbocycles. The van der Waals surface area contributed by atoms with Crippen LogP contribution in [0.3, 0.4) is 0 Å². The fourth-order valence-electron chi connectivity index (χ4n) is 3.11. The number of rotatable bonds is 2. The van der Waals surface area contributed by atoms with Crippen molar-refractivity contribution in [3.05, 3.63) is 94.0 Å². The summed E-state index contributed by atoms with van der Waals surface area (Å²) < 4.78 is 9.40. The SMILES string of the molecule is COC(=O)c1cc(Cl)cc2ccccc12.COC(=O)c1cc(Cl)cc2ccccc12. The summed E-state index contributed by atoms with van der Waals surface area (Å²) >= 11 is 11.8. The van der Waals surface area contributed by atoms with Gasteiger partial charge in [0.2, 0.25) is 0 Å². The predicted octanol–water partition coefficient (Wildman–Crippen LogP) is 6.56. The van der Waals surface area contributed by atoms with Gasteiger partial charge in [-0.25, -0.2) is 9.59 Å². The Morgan fingerprint density at radius 3 is 1.37 bits per heavy atom. The van der Waals surface area contributed by atoms with Crippen LogP contribution in [0.4, 0.5) is 0 Å². The summed E-state index contributed by atoms with van der Waals surface area (Å²) in [6.07, 6.45) is 0. The quantitative estimate of drug-likeness (QED) is 0.331. The van der Waals surface area contributed by atoms with Gasteiger partial charge in [0.1, 0.15) is 0 Å². The second kappa shape index (κ2) is 9.61. The molecule has 0 aliphatic heterocycles. The van der Waals surface area contributed by atoms with E-state index in [0.717, 1.165) is 21.5 Å². The van der Waals surface area contributed by atoms with Crippen molar-refractivity contribution in [3.8, 4) is 0 Å². The van der Waals surface area contributed by atoms with Crippen molar-refractivity contribution < 1.29 is 19.1 Å². The summed E-state index contributed by atoms with van der Waals surface area (Å²) in [5.74, 6) is -0.734. The minimum atomic E-state index is -0.367. The fraction of sp³-hybridized carbons (Fsp3) is 0.0833. The van der Waals surface area contributed by atoms with E-state index >= 15 is 0 Å². The lowest BCUT2D eigenvalue weighted by molar-refractivity contribution is 0.0594. The van der Waals surface area contributed by atoms with Gasteiger partial charge in [0, 0.05) is 10.0 Å². The predicted molar refractivity (Wildman–Crippen MR) is 121 cm³/mol. The minimum Gasteiger partial charge on any atom is -0.465 e. The third kappa shape index (κ3) is 4.73. The van der Waals surface area contributed by atoms with E-state index in [9.17, 15) is 9.59 Å². The van der Waals surface area contributed by atoms with Gasteiger partial charge in [0.25, 0.3) is 0 Å². The highest BCUT2D eigenvalue weighted by atomic mass is 35.5. The molecule has 0 fully saturated rings. The third-order valence-corrected chi connectivity index (χ3v) is 4.90. The Morgan fingerprint density at radius 1 is 0.633 bits per heavy atom. The lowest BCUT2D eigenvalue weighted by Gasteiger charge is -2.05. The molecule has 0 heterocycles. The standard InChI is InChI=1S/2C12H9ClO2/c2*1-15-12(14)11-7-9(13)6-8-4-2-3-5-10(8)11/h2*2-7H,1H3. The highest BCUT2D eigenvalue weighted by molar-refractivity contribution is 6.32. The van der Waals surface area contributed by atoms with Crippen LogP contribution in [0.25, 0.3) is 21.5 Å². The van der Waals surface area contributed by atoms with Crippen LogP contribution in [0.1, 0.15) is 20.7 Å². The van der Waals surface area contributed by atoms with Crippen LogP contribution < -0.4 is 0 Å². The molecule has 6 heteroatoms. The lowest BCUT2D eigenvalue weighted by Crippen LogP contribution is -2.01. The largest absolute Gasteiger partial charge is 0.465 e. The highest BCUT2D eigenvalue weighted by Gasteiger charge is 2.11. The van der Waals surface area contributed by atoms with Gasteiger partial charge in [0.05, 0.1) is 25.3 Å². The van der Waals surface area contributed by atoms with Gasteiger partial charge < -0.3 is 9.47 Å². The Bertz CT molecular complexity index is 1140. The zero-order chi connectivity index (χ0) is 21.7. The first kappa shape index (κ1) is 21.6. The molecule has 4 nitrogen and oxygen atoms in total. The molecule has 0 unspecified atom stereocenters. The number of methoxy groups -OCH3 is 2. The molecule has 0 aliphatic rings. The molecule has 0 aliphatic carbocycles. The van der Waals surface area contributed by atoms with Gasteiger partial charge in [-0.15, -0.1) is 0 Å². The molecule has 30 heavy (non-hydrogen) atoms. The summed E-state index contributed by atoms with van der Waals surface area (Å²) in [5, 5.41) is 4.65. The summed E-state index contributed by atoms with van der Waals surface area (Å²) in [7, 11) is 2.72. The average Bonchev–Trinajstić information content (AvgIpc) is 2.77. The van der Waals surface area contributed by atoms with E-state index < -0.39 is 0 Å². The van der Waals surface area contributed by atoms with Crippen molar-refractivity contribution in [2.24, 2.45) is 0 Å². The average molecular weight is 441 g/mol. The van der Waals surface area contributed by atoms with Gasteiger partial charge in [-0.3, -0.25) is 0 Å². The number of hydrogen-bond donors (Lipinski definition) is 0. The van der Waals surface area contributed by atoms with Crippen molar-refractivity contribution in [1.29, 1.82) is 0 Å². The summed E-state index contributed by atoms with van der Waals surface area (Å²) in [6.45, 7) is 0. The molecule has 0 saturated heterocycles. The molecule has 0 amide bonds. The van der Waals surface area contributed by atoms with E-state index in [1.54, 1.807) is 12.1 Å². The van der Waals surface area contributed by atoms with E-state index in [-0.39, 0.29) is 11.9 Å². The van der Waals surface area contributed by atoms with Crippen LogP contribution in [-0.4, -0.2) is 26.2 Å². The van der Waals surface area contributed by atoms with Crippen LogP contribution in [0.5, 0.6) is 0 Å². The van der Waals surface area contributed by atoms with Gasteiger partial charge in [-0.05, 0) is 45.8 Å². The molecule has 0 atom stereocenters. The molecule has 4 aromatic rings. The number of hydrogen-bond acceptors (Lipinski definition) is 4. The molecule has 0 bridgehead atoms. The molecule has 0 N–H and O–H groups in total. The van der Waals surface area contributed by atoms with Gasteiger partial charge in [-0.1, -0.05) is 71.7 Å². The number of fused-ring (bicyclic) bond motifs is 2. The Kier molecular flexibility index (Phi) is 6.93. The number of benzene rings is 4. The minimum absolute atomic E-state index is 0.367. The molecular formula is C24H18Cl2O4. The molecule has 0 aromatic heterocycles. The van der Waals surface area contributed by atoms with E-state index in [4.69, 9.17) is 32.7 Å². The maximum Gasteiger partial charge on any atom is 0.338 e. The first-order valence-corrected chi connectivity index (χ1v) is 9.73. The molecule has 0 radical (unpaired) electrons. The first-order valence-electron chi connectivity index (χ1n) is 8.98. The van der Waals surface area contributed by atoms with Gasteiger partial charge in [0.15, 0.2) is 0 Å². The molecule has 0 spiro atoms. The zero-order valence-corrected chi connectivity index (χ0v) is 17.8. The first-order chi connectivity index (χ1) is 14.4. The lowest BCUT2D eigenvalue weighted by atomic mass is 10.0. The number of carbonyl (C=O) groups excluding carboxylic acids is 2. The summed E-state index contributed by atoms with van der Waals surface area (Å²) in [4.78, 5) is 23.0. The van der Waals surface area contributed by atoms with Crippen LogP contribution in [0.2, 0.25) is 10.0 Å². The van der Waals surface area contributed by atoms with E-state index in [1.165, 1.54) is 14.2 Å². The van der Waals surface area contributed by atoms with Crippen LogP contribution in [-0.2, 0) is 9.47 Å². The Morgan fingerprint density at radius 2 is 1.00 bits per heavy atom. The molecular weight excluding hydrogens is 423 g/mol. The number of esters is 2. The van der Waals surface area contributed by atoms with E-state index in [2.05, 4.69) is 0 Å². The number of carbonyl (C=O) groups is 2. The van der Waals surface area contributed by atoms with Gasteiger partial charge in [-0.2, -0.15) is 0 Å². The Hall–Kier alpha value is -3.08. The topological polar surface area (TPSA) is 52.6 Å². The van der Waals surface area contributed by atoms with E-state index in [1.807, 2.05) is 60.7 Å². The highest BCUT2D eigenvalue weighted by Crippen LogP contribution is 2.25. The second-order valence-corrected chi connectivity index (χ2v) is 7.21. The molecule has 4 rings (SSSR count). The number of ether oxygens (including phenoxy) is 2. The summed E-state index contributed by atoms with van der Waals surface area (Å²) in [6, 6.07) is 22.0. The molecule has 152 valence electrons. The van der Waals surface area contributed by atoms with Crippen molar-refractivity contribution >= 4 is 56.7 Å². The van der Waals surface area contributed by atoms with Gasteiger partial charge >= 0.3 is 11.9 Å². The number of halogens is 2. The smallest absolute Gasteiger partial charge is 0.338 e. The Balaban J connectivity index is 0.000000171. The molecule has 0 saturated carbocycles.